The second-order valence-corrected chi connectivity index (χ2v) is 6.27. The number of nitrogens with zero attached hydrogens (tertiary/aromatic N) is 2. The summed E-state index contributed by atoms with van der Waals surface area (Å²) in [5.41, 5.74) is 2.36. The summed E-state index contributed by atoms with van der Waals surface area (Å²) in [4.78, 5) is 12.4. The minimum absolute atomic E-state index is 0.250. The molecule has 1 heterocycles. The number of carbonyl (C=O) groups is 1. The first-order valence-corrected chi connectivity index (χ1v) is 8.31. The van der Waals surface area contributed by atoms with Crippen LogP contribution in [0.2, 0.25) is 0 Å². The fraction of sp³-hybridized carbons (Fsp3) is 0.200. The topological polar surface area (TPSA) is 46.9 Å². The second-order valence-electron chi connectivity index (χ2n) is 6.27. The minimum atomic E-state index is -4.44. The van der Waals surface area contributed by atoms with E-state index in [2.05, 4.69) is 10.4 Å². The number of aryl methyl sites for hydroxylation is 1. The molecule has 7 heteroatoms. The summed E-state index contributed by atoms with van der Waals surface area (Å²) in [6, 6.07) is 12.6. The van der Waals surface area contributed by atoms with Crippen molar-refractivity contribution in [1.82, 2.24) is 15.1 Å². The zero-order chi connectivity index (χ0) is 19.6. The van der Waals surface area contributed by atoms with Gasteiger partial charge in [0.1, 0.15) is 0 Å². The summed E-state index contributed by atoms with van der Waals surface area (Å²) in [5.74, 6) is -0.327. The Labute approximate surface area is 154 Å². The number of nitrogens with one attached hydrogen (secondary N) is 1. The van der Waals surface area contributed by atoms with Gasteiger partial charge in [-0.15, -0.1) is 0 Å². The Hall–Kier alpha value is -3.09. The summed E-state index contributed by atoms with van der Waals surface area (Å²) < 4.78 is 40.1. The average Bonchev–Trinajstić information content (AvgIpc) is 3.02. The van der Waals surface area contributed by atoms with Gasteiger partial charge in [0.15, 0.2) is 0 Å². The van der Waals surface area contributed by atoms with Crippen molar-refractivity contribution in [2.75, 3.05) is 0 Å². The molecule has 1 amide bonds. The van der Waals surface area contributed by atoms with Crippen molar-refractivity contribution < 1.29 is 18.0 Å². The monoisotopic (exact) mass is 373 g/mol. The standard InChI is InChI=1S/C20H18F3N3O/c1-13-6-8-15(9-7-13)11-24-19(27)18-12-25-26(14(18)2)17-5-3-4-16(10-17)20(21,22)23/h3-10,12H,11H2,1-2H3,(H,24,27). The molecule has 0 radical (unpaired) electrons. The van der Waals surface area contributed by atoms with Crippen molar-refractivity contribution in [2.24, 2.45) is 0 Å². The van der Waals surface area contributed by atoms with Gasteiger partial charge >= 0.3 is 6.18 Å². The fourth-order valence-corrected chi connectivity index (χ4v) is 2.69. The molecule has 1 N–H and O–H groups in total. The van der Waals surface area contributed by atoms with E-state index >= 15 is 0 Å². The van der Waals surface area contributed by atoms with Crippen molar-refractivity contribution in [3.8, 4) is 5.69 Å². The number of carbonyl (C=O) groups excluding carboxylic acids is 1. The maximum absolute atomic E-state index is 12.9. The quantitative estimate of drug-likeness (QED) is 0.735. The first-order chi connectivity index (χ1) is 12.8. The van der Waals surface area contributed by atoms with Gasteiger partial charge in [-0.3, -0.25) is 4.79 Å². The molecular formula is C20H18F3N3O. The lowest BCUT2D eigenvalue weighted by atomic mass is 10.1. The van der Waals surface area contributed by atoms with E-state index in [9.17, 15) is 18.0 Å². The van der Waals surface area contributed by atoms with Crippen LogP contribution in [-0.2, 0) is 12.7 Å². The lowest BCUT2D eigenvalue weighted by molar-refractivity contribution is -0.137. The molecule has 4 nitrogen and oxygen atoms in total. The predicted octanol–water partition coefficient (Wildman–Crippen LogP) is 4.44. The van der Waals surface area contributed by atoms with Crippen molar-refractivity contribution in [1.29, 1.82) is 0 Å². The highest BCUT2D eigenvalue weighted by Gasteiger charge is 2.30. The first kappa shape index (κ1) is 18.7. The Kier molecular flexibility index (Phi) is 5.03. The van der Waals surface area contributed by atoms with E-state index in [4.69, 9.17) is 0 Å². The van der Waals surface area contributed by atoms with Crippen LogP contribution < -0.4 is 5.32 Å². The van der Waals surface area contributed by atoms with Gasteiger partial charge in [0.2, 0.25) is 0 Å². The molecule has 0 atom stereocenters. The summed E-state index contributed by atoms with van der Waals surface area (Å²) in [6.07, 6.45) is -3.08. The van der Waals surface area contributed by atoms with Gasteiger partial charge in [0, 0.05) is 6.54 Å². The van der Waals surface area contributed by atoms with Crippen molar-refractivity contribution in [2.45, 2.75) is 26.6 Å². The van der Waals surface area contributed by atoms with Gasteiger partial charge in [0.25, 0.3) is 5.91 Å². The summed E-state index contributed by atoms with van der Waals surface area (Å²) in [7, 11) is 0. The van der Waals surface area contributed by atoms with Crippen molar-refractivity contribution >= 4 is 5.91 Å². The maximum atomic E-state index is 12.9. The van der Waals surface area contributed by atoms with Crippen LogP contribution in [0, 0.1) is 13.8 Å². The van der Waals surface area contributed by atoms with Crippen molar-refractivity contribution in [3.05, 3.63) is 82.7 Å². The molecule has 1 aromatic heterocycles. The van der Waals surface area contributed by atoms with Crippen LogP contribution in [0.5, 0.6) is 0 Å². The maximum Gasteiger partial charge on any atom is 0.416 e. The van der Waals surface area contributed by atoms with E-state index in [-0.39, 0.29) is 11.6 Å². The molecule has 0 aliphatic rings. The van der Waals surface area contributed by atoms with E-state index in [0.717, 1.165) is 23.3 Å². The number of benzene rings is 2. The Morgan fingerprint density at radius 2 is 1.81 bits per heavy atom. The zero-order valence-electron chi connectivity index (χ0n) is 14.8. The molecule has 0 saturated carbocycles. The number of hydrogen-bond acceptors (Lipinski definition) is 2. The minimum Gasteiger partial charge on any atom is -0.348 e. The first-order valence-electron chi connectivity index (χ1n) is 8.31. The van der Waals surface area contributed by atoms with Gasteiger partial charge in [-0.05, 0) is 37.6 Å². The lowest BCUT2D eigenvalue weighted by Crippen LogP contribution is -2.23. The third-order valence-corrected chi connectivity index (χ3v) is 4.25. The molecule has 3 rings (SSSR count). The Bertz CT molecular complexity index is 959. The molecule has 0 aliphatic heterocycles. The fourth-order valence-electron chi connectivity index (χ4n) is 2.69. The molecular weight excluding hydrogens is 355 g/mol. The highest BCUT2D eigenvalue weighted by atomic mass is 19.4. The molecule has 3 aromatic rings. The lowest BCUT2D eigenvalue weighted by Gasteiger charge is -2.10. The Morgan fingerprint density at radius 1 is 1.11 bits per heavy atom. The molecule has 0 fully saturated rings. The van der Waals surface area contributed by atoms with E-state index < -0.39 is 11.7 Å². The Balaban J connectivity index is 1.78. The SMILES string of the molecule is Cc1ccc(CNC(=O)c2cnn(-c3cccc(C(F)(F)F)c3)c2C)cc1. The number of halogens is 3. The van der Waals surface area contributed by atoms with Crippen LogP contribution >= 0.6 is 0 Å². The van der Waals surface area contributed by atoms with Crippen LogP contribution in [0.25, 0.3) is 5.69 Å². The highest BCUT2D eigenvalue weighted by molar-refractivity contribution is 5.95. The van der Waals surface area contributed by atoms with Crippen molar-refractivity contribution in [3.63, 3.8) is 0 Å². The normalized spacial score (nSPS) is 11.4. The van der Waals surface area contributed by atoms with Gasteiger partial charge in [-0.2, -0.15) is 18.3 Å². The van der Waals surface area contributed by atoms with Gasteiger partial charge in [-0.1, -0.05) is 35.9 Å². The van der Waals surface area contributed by atoms with Gasteiger partial charge < -0.3 is 5.32 Å². The highest BCUT2D eigenvalue weighted by Crippen LogP contribution is 2.30. The van der Waals surface area contributed by atoms with Crippen LogP contribution in [0.15, 0.2) is 54.7 Å². The van der Waals surface area contributed by atoms with E-state index in [1.54, 1.807) is 6.92 Å². The van der Waals surface area contributed by atoms with Gasteiger partial charge in [0.05, 0.1) is 28.7 Å². The molecule has 0 unspecified atom stereocenters. The summed E-state index contributed by atoms with van der Waals surface area (Å²) in [6.45, 7) is 3.98. The molecule has 0 aliphatic carbocycles. The zero-order valence-corrected chi connectivity index (χ0v) is 14.8. The number of hydrogen-bond donors (Lipinski definition) is 1. The largest absolute Gasteiger partial charge is 0.416 e. The smallest absolute Gasteiger partial charge is 0.348 e. The molecule has 0 spiro atoms. The summed E-state index contributed by atoms with van der Waals surface area (Å²) >= 11 is 0. The van der Waals surface area contributed by atoms with E-state index in [0.29, 0.717) is 17.8 Å². The number of rotatable bonds is 4. The van der Waals surface area contributed by atoms with Crippen LogP contribution in [-0.4, -0.2) is 15.7 Å². The van der Waals surface area contributed by atoms with E-state index in [1.165, 1.54) is 23.0 Å². The van der Waals surface area contributed by atoms with Crippen LogP contribution in [0.1, 0.15) is 32.7 Å². The number of aromatic nitrogens is 2. The third-order valence-electron chi connectivity index (χ3n) is 4.25. The average molecular weight is 373 g/mol. The molecule has 27 heavy (non-hydrogen) atoms. The molecule has 2 aromatic carbocycles. The van der Waals surface area contributed by atoms with Crippen LogP contribution in [0.3, 0.4) is 0 Å². The second kappa shape index (κ2) is 7.26. The van der Waals surface area contributed by atoms with Crippen LogP contribution in [0.4, 0.5) is 13.2 Å². The number of alkyl halides is 3. The summed E-state index contributed by atoms with van der Waals surface area (Å²) in [5, 5.41) is 6.89. The molecule has 140 valence electrons. The third kappa shape index (κ3) is 4.19. The molecule has 0 saturated heterocycles. The molecule has 0 bridgehead atoms. The predicted molar refractivity (Wildman–Crippen MR) is 95.7 cm³/mol. The van der Waals surface area contributed by atoms with E-state index in [1.807, 2.05) is 31.2 Å². The number of amides is 1. The van der Waals surface area contributed by atoms with Gasteiger partial charge in [-0.25, -0.2) is 4.68 Å². The Morgan fingerprint density at radius 3 is 2.48 bits per heavy atom.